The number of rotatable bonds is 5. The van der Waals surface area contributed by atoms with E-state index in [1.807, 2.05) is 0 Å². The van der Waals surface area contributed by atoms with Crippen LogP contribution < -0.4 is 0 Å². The highest BCUT2D eigenvalue weighted by molar-refractivity contribution is 6.08. The number of benzene rings is 1. The average Bonchev–Trinajstić information content (AvgIpc) is 2.27. The Morgan fingerprint density at radius 1 is 1.12 bits per heavy atom. The number of ketones is 2. The number of carbonyl (C=O) groups is 3. The molecule has 0 atom stereocenters. The van der Waals surface area contributed by atoms with Crippen LogP contribution >= 0.6 is 0 Å². The van der Waals surface area contributed by atoms with Crippen LogP contribution in [0.4, 0.5) is 0 Å². The lowest BCUT2D eigenvalue weighted by molar-refractivity contribution is -0.145. The van der Waals surface area contributed by atoms with Crippen molar-refractivity contribution in [3.8, 4) is 0 Å². The number of Topliss-reactive ketones (excluding diaryl/α,β-unsaturated/α-hetero) is 2. The minimum atomic E-state index is -0.527. The molecule has 0 amide bonds. The third-order valence-corrected chi connectivity index (χ3v) is 1.89. The molecular formula is C12H12O4. The summed E-state index contributed by atoms with van der Waals surface area (Å²) in [5.74, 6) is -1.19. The summed E-state index contributed by atoms with van der Waals surface area (Å²) in [4.78, 5) is 33.2. The minimum absolute atomic E-state index is 0.239. The van der Waals surface area contributed by atoms with Crippen LogP contribution in [0, 0.1) is 0 Å². The van der Waals surface area contributed by atoms with E-state index >= 15 is 0 Å². The van der Waals surface area contributed by atoms with Crippen molar-refractivity contribution in [1.82, 2.24) is 0 Å². The van der Waals surface area contributed by atoms with Crippen LogP contribution in [-0.4, -0.2) is 24.1 Å². The molecule has 1 aromatic carbocycles. The van der Waals surface area contributed by atoms with Crippen molar-refractivity contribution in [2.45, 2.75) is 13.3 Å². The summed E-state index contributed by atoms with van der Waals surface area (Å²) in [6.07, 6.45) is -0.239. The summed E-state index contributed by atoms with van der Waals surface area (Å²) in [7, 11) is 0. The van der Waals surface area contributed by atoms with Gasteiger partial charge in [-0.1, -0.05) is 30.3 Å². The zero-order chi connectivity index (χ0) is 12.0. The van der Waals surface area contributed by atoms with E-state index in [2.05, 4.69) is 4.74 Å². The summed E-state index contributed by atoms with van der Waals surface area (Å²) in [5, 5.41) is 0. The zero-order valence-electron chi connectivity index (χ0n) is 8.93. The van der Waals surface area contributed by atoms with E-state index in [9.17, 15) is 14.4 Å². The largest absolute Gasteiger partial charge is 0.458 e. The van der Waals surface area contributed by atoms with E-state index < -0.39 is 11.8 Å². The van der Waals surface area contributed by atoms with Crippen molar-refractivity contribution >= 4 is 17.5 Å². The first kappa shape index (κ1) is 12.1. The molecule has 0 heterocycles. The monoisotopic (exact) mass is 220 g/mol. The number of ether oxygens (including phenoxy) is 1. The van der Waals surface area contributed by atoms with E-state index in [1.54, 1.807) is 30.3 Å². The summed E-state index contributed by atoms with van der Waals surface area (Å²) in [5.41, 5.74) is 0.485. The number of hydrogen-bond acceptors (Lipinski definition) is 4. The molecule has 84 valence electrons. The van der Waals surface area contributed by atoms with Gasteiger partial charge in [0.2, 0.25) is 0 Å². The van der Waals surface area contributed by atoms with Gasteiger partial charge in [0.15, 0.2) is 11.6 Å². The Morgan fingerprint density at radius 2 is 1.75 bits per heavy atom. The maximum absolute atomic E-state index is 11.5. The fourth-order valence-electron chi connectivity index (χ4n) is 1.14. The molecule has 4 nitrogen and oxygen atoms in total. The van der Waals surface area contributed by atoms with Crippen LogP contribution in [0.15, 0.2) is 30.3 Å². The summed E-state index contributed by atoms with van der Waals surface area (Å²) in [6, 6.07) is 8.52. The van der Waals surface area contributed by atoms with Crippen molar-refractivity contribution in [3.05, 3.63) is 35.9 Å². The average molecular weight is 220 g/mol. The lowest BCUT2D eigenvalue weighted by Crippen LogP contribution is -2.15. The van der Waals surface area contributed by atoms with Gasteiger partial charge in [-0.15, -0.1) is 0 Å². The number of esters is 1. The molecule has 1 aromatic rings. The SMILES string of the molecule is CC(=O)OCC(=O)CC(=O)c1ccccc1. The Balaban J connectivity index is 2.46. The molecule has 0 saturated carbocycles. The zero-order valence-corrected chi connectivity index (χ0v) is 8.93. The van der Waals surface area contributed by atoms with Crippen molar-refractivity contribution in [1.29, 1.82) is 0 Å². The molecule has 0 aromatic heterocycles. The first-order valence-electron chi connectivity index (χ1n) is 4.83. The Bertz CT molecular complexity index is 395. The lowest BCUT2D eigenvalue weighted by atomic mass is 10.1. The molecule has 16 heavy (non-hydrogen) atoms. The standard InChI is InChI=1S/C12H12O4/c1-9(13)16-8-11(14)7-12(15)10-5-3-2-4-6-10/h2-6H,7-8H2,1H3. The maximum atomic E-state index is 11.5. The van der Waals surface area contributed by atoms with Crippen LogP contribution in [0.25, 0.3) is 0 Å². The van der Waals surface area contributed by atoms with Gasteiger partial charge in [0.05, 0.1) is 6.42 Å². The van der Waals surface area contributed by atoms with Gasteiger partial charge in [-0.25, -0.2) is 0 Å². The Labute approximate surface area is 93.2 Å². The van der Waals surface area contributed by atoms with Gasteiger partial charge in [0.25, 0.3) is 0 Å². The second kappa shape index (κ2) is 5.80. The molecule has 0 fully saturated rings. The predicted molar refractivity (Wildman–Crippen MR) is 57.0 cm³/mol. The van der Waals surface area contributed by atoms with Gasteiger partial charge in [0.1, 0.15) is 6.61 Å². The highest BCUT2D eigenvalue weighted by Crippen LogP contribution is 2.03. The van der Waals surface area contributed by atoms with Gasteiger partial charge in [0, 0.05) is 12.5 Å². The molecule has 0 N–H and O–H groups in total. The van der Waals surface area contributed by atoms with Crippen LogP contribution in [0.2, 0.25) is 0 Å². The van der Waals surface area contributed by atoms with Crippen LogP contribution in [0.3, 0.4) is 0 Å². The van der Waals surface area contributed by atoms with Gasteiger partial charge in [-0.05, 0) is 0 Å². The molecule has 0 spiro atoms. The molecule has 0 aliphatic heterocycles. The second-order valence-corrected chi connectivity index (χ2v) is 3.28. The Kier molecular flexibility index (Phi) is 4.39. The fourth-order valence-corrected chi connectivity index (χ4v) is 1.14. The highest BCUT2D eigenvalue weighted by atomic mass is 16.5. The highest BCUT2D eigenvalue weighted by Gasteiger charge is 2.12. The second-order valence-electron chi connectivity index (χ2n) is 3.28. The lowest BCUT2D eigenvalue weighted by Gasteiger charge is -2.01. The Hall–Kier alpha value is -1.97. The topological polar surface area (TPSA) is 60.4 Å². The maximum Gasteiger partial charge on any atom is 0.303 e. The Morgan fingerprint density at radius 3 is 2.31 bits per heavy atom. The number of carbonyl (C=O) groups excluding carboxylic acids is 3. The molecule has 4 heteroatoms. The molecular weight excluding hydrogens is 208 g/mol. The van der Waals surface area contributed by atoms with E-state index in [1.165, 1.54) is 6.92 Å². The van der Waals surface area contributed by atoms with E-state index in [0.29, 0.717) is 5.56 Å². The first-order valence-corrected chi connectivity index (χ1v) is 4.83. The molecule has 0 unspecified atom stereocenters. The third kappa shape index (κ3) is 4.04. The third-order valence-electron chi connectivity index (χ3n) is 1.89. The molecule has 0 bridgehead atoms. The van der Waals surface area contributed by atoms with Crippen LogP contribution in [-0.2, 0) is 14.3 Å². The normalized spacial score (nSPS) is 9.56. The molecule has 0 aliphatic rings. The van der Waals surface area contributed by atoms with Crippen molar-refractivity contribution in [2.24, 2.45) is 0 Å². The van der Waals surface area contributed by atoms with E-state index in [-0.39, 0.29) is 18.8 Å². The van der Waals surface area contributed by atoms with Crippen molar-refractivity contribution in [2.75, 3.05) is 6.61 Å². The summed E-state index contributed by atoms with van der Waals surface area (Å²) >= 11 is 0. The fraction of sp³-hybridized carbons (Fsp3) is 0.250. The number of hydrogen-bond donors (Lipinski definition) is 0. The van der Waals surface area contributed by atoms with Crippen molar-refractivity contribution in [3.63, 3.8) is 0 Å². The van der Waals surface area contributed by atoms with E-state index in [4.69, 9.17) is 0 Å². The van der Waals surface area contributed by atoms with Gasteiger partial charge < -0.3 is 4.74 Å². The molecule has 0 aliphatic carbocycles. The van der Waals surface area contributed by atoms with Crippen LogP contribution in [0.5, 0.6) is 0 Å². The molecule has 0 saturated heterocycles. The minimum Gasteiger partial charge on any atom is -0.458 e. The summed E-state index contributed by atoms with van der Waals surface area (Å²) < 4.78 is 4.50. The first-order chi connectivity index (χ1) is 7.59. The quantitative estimate of drug-likeness (QED) is 0.427. The smallest absolute Gasteiger partial charge is 0.303 e. The van der Waals surface area contributed by atoms with Crippen molar-refractivity contribution < 1.29 is 19.1 Å². The summed E-state index contributed by atoms with van der Waals surface area (Å²) in [6.45, 7) is 0.875. The van der Waals surface area contributed by atoms with Gasteiger partial charge >= 0.3 is 5.97 Å². The van der Waals surface area contributed by atoms with E-state index in [0.717, 1.165) is 0 Å². The van der Waals surface area contributed by atoms with Crippen LogP contribution in [0.1, 0.15) is 23.7 Å². The molecule has 0 radical (unpaired) electrons. The predicted octanol–water partition coefficient (Wildman–Crippen LogP) is 1.39. The molecule has 1 rings (SSSR count). The van der Waals surface area contributed by atoms with Gasteiger partial charge in [-0.2, -0.15) is 0 Å². The van der Waals surface area contributed by atoms with Gasteiger partial charge in [-0.3, -0.25) is 14.4 Å².